The van der Waals surface area contributed by atoms with Crippen molar-refractivity contribution in [3.05, 3.63) is 101 Å². The lowest BCUT2D eigenvalue weighted by Crippen LogP contribution is -2.15. The lowest BCUT2D eigenvalue weighted by molar-refractivity contribution is 0.496. The van der Waals surface area contributed by atoms with Gasteiger partial charge in [-0.15, -0.1) is 0 Å². The van der Waals surface area contributed by atoms with Gasteiger partial charge in [-0.05, 0) is 46.8 Å². The Morgan fingerprint density at radius 2 is 1.60 bits per heavy atom. The second-order valence-corrected chi connectivity index (χ2v) is 8.01. The quantitative estimate of drug-likeness (QED) is 0.405. The van der Waals surface area contributed by atoms with E-state index < -0.39 is 22.8 Å². The van der Waals surface area contributed by atoms with Gasteiger partial charge in [-0.2, -0.15) is 0 Å². The van der Waals surface area contributed by atoms with Crippen molar-refractivity contribution in [2.24, 2.45) is 0 Å². The number of fused-ring (bicyclic) bond motifs is 1. The molecular weight excluding hydrogens is 426 g/mol. The van der Waals surface area contributed by atoms with Gasteiger partial charge >= 0.3 is 0 Å². The molecule has 1 aliphatic heterocycles. The van der Waals surface area contributed by atoms with Gasteiger partial charge in [0.05, 0.1) is 5.75 Å². The van der Waals surface area contributed by atoms with Gasteiger partial charge in [-0.25, -0.2) is 13.0 Å². The molecule has 2 atom stereocenters. The molecule has 0 saturated carbocycles. The van der Waals surface area contributed by atoms with E-state index in [1.807, 2.05) is 0 Å². The third-order valence-corrected chi connectivity index (χ3v) is 5.72. The van der Waals surface area contributed by atoms with E-state index in [9.17, 15) is 13.0 Å². The monoisotopic (exact) mass is 442 g/mol. The van der Waals surface area contributed by atoms with Gasteiger partial charge in [0.15, 0.2) is 11.1 Å². The number of hydrogen-bond acceptors (Lipinski definition) is 3. The fourth-order valence-electron chi connectivity index (χ4n) is 3.51. The summed E-state index contributed by atoms with van der Waals surface area (Å²) in [6.45, 7) is 0. The Hall–Kier alpha value is -2.74. The van der Waals surface area contributed by atoms with Crippen LogP contribution >= 0.6 is 12.2 Å². The Labute approximate surface area is 180 Å². The van der Waals surface area contributed by atoms with E-state index in [4.69, 9.17) is 21.5 Å². The topological polar surface area (TPSA) is 46.5 Å². The minimum atomic E-state index is -1.94. The number of allylic oxidation sites excluding steroid dienone is 1. The van der Waals surface area contributed by atoms with Gasteiger partial charge in [0.2, 0.25) is 0 Å². The molecular formula is C23H16F2O3S2. The van der Waals surface area contributed by atoms with Crippen LogP contribution in [0.3, 0.4) is 0 Å². The zero-order valence-electron chi connectivity index (χ0n) is 15.5. The first-order valence-corrected chi connectivity index (χ1v) is 10.8. The second-order valence-electron chi connectivity index (χ2n) is 6.81. The van der Waals surface area contributed by atoms with Crippen LogP contribution in [-0.2, 0) is 16.8 Å². The molecule has 0 amide bonds. The largest absolute Gasteiger partial charge is 0.456 e. The zero-order valence-corrected chi connectivity index (χ0v) is 17.2. The van der Waals surface area contributed by atoms with E-state index in [1.54, 1.807) is 47.8 Å². The maximum Gasteiger partial charge on any atom is 0.157 e. The smallest absolute Gasteiger partial charge is 0.157 e. The SMILES string of the molecule is O=S(O)Cc1ccc(C2=C(c3ccc(F)cc3)C(C=S)c3cc(F)ccc3O2)cc1. The van der Waals surface area contributed by atoms with Crippen LogP contribution in [0.1, 0.15) is 28.2 Å². The normalized spacial score (nSPS) is 16.6. The highest BCUT2D eigenvalue weighted by Gasteiger charge is 2.30. The predicted octanol–water partition coefficient (Wildman–Crippen LogP) is 5.73. The third-order valence-electron chi connectivity index (χ3n) is 4.87. The highest BCUT2D eigenvalue weighted by atomic mass is 32.2. The van der Waals surface area contributed by atoms with Crippen LogP contribution in [0, 0.1) is 11.6 Å². The lowest BCUT2D eigenvalue weighted by Gasteiger charge is -2.29. The van der Waals surface area contributed by atoms with Crippen molar-refractivity contribution in [1.82, 2.24) is 0 Å². The predicted molar refractivity (Wildman–Crippen MR) is 118 cm³/mol. The average molecular weight is 443 g/mol. The molecule has 2 unspecified atom stereocenters. The summed E-state index contributed by atoms with van der Waals surface area (Å²) in [7, 11) is 0. The van der Waals surface area contributed by atoms with Crippen molar-refractivity contribution in [2.75, 3.05) is 0 Å². The third kappa shape index (κ3) is 4.09. The summed E-state index contributed by atoms with van der Waals surface area (Å²) in [5.74, 6) is -0.181. The summed E-state index contributed by atoms with van der Waals surface area (Å²) >= 11 is 3.35. The van der Waals surface area contributed by atoms with E-state index >= 15 is 0 Å². The number of thiocarbonyl (C=S) groups is 1. The molecule has 4 rings (SSSR count). The van der Waals surface area contributed by atoms with Crippen molar-refractivity contribution in [1.29, 1.82) is 0 Å². The molecule has 152 valence electrons. The summed E-state index contributed by atoms with van der Waals surface area (Å²) in [6, 6.07) is 17.3. The minimum absolute atomic E-state index is 0.0235. The minimum Gasteiger partial charge on any atom is -0.456 e. The first-order valence-electron chi connectivity index (χ1n) is 9.05. The highest BCUT2D eigenvalue weighted by molar-refractivity contribution is 7.79. The van der Waals surface area contributed by atoms with Gasteiger partial charge in [0.1, 0.15) is 23.1 Å². The zero-order chi connectivity index (χ0) is 21.3. The maximum atomic E-state index is 13.9. The van der Waals surface area contributed by atoms with Crippen molar-refractivity contribution in [3.8, 4) is 5.75 Å². The van der Waals surface area contributed by atoms with Gasteiger partial charge in [0.25, 0.3) is 0 Å². The molecule has 3 nitrogen and oxygen atoms in total. The van der Waals surface area contributed by atoms with Gasteiger partial charge < -0.3 is 9.29 Å². The number of hydrogen-bond donors (Lipinski definition) is 1. The number of benzene rings is 3. The number of ether oxygens (including phenoxy) is 1. The summed E-state index contributed by atoms with van der Waals surface area (Å²) in [4.78, 5) is 0. The molecule has 3 aromatic rings. The Morgan fingerprint density at radius 1 is 0.967 bits per heavy atom. The van der Waals surface area contributed by atoms with E-state index in [2.05, 4.69) is 0 Å². The van der Waals surface area contributed by atoms with Crippen molar-refractivity contribution in [3.63, 3.8) is 0 Å². The maximum absolute atomic E-state index is 13.9. The summed E-state index contributed by atoms with van der Waals surface area (Å²) in [5, 5.41) is 1.54. The second kappa shape index (κ2) is 8.55. The fourth-order valence-corrected chi connectivity index (χ4v) is 4.27. The molecule has 0 bridgehead atoms. The number of halogens is 2. The van der Waals surface area contributed by atoms with Gasteiger partial charge in [-0.1, -0.05) is 48.6 Å². The van der Waals surface area contributed by atoms with Gasteiger partial charge in [0, 0.05) is 22.6 Å². The van der Waals surface area contributed by atoms with Crippen LogP contribution in [0.25, 0.3) is 11.3 Å². The van der Waals surface area contributed by atoms with Crippen molar-refractivity contribution < 1.29 is 22.3 Å². The molecule has 0 fully saturated rings. The fraction of sp³-hybridized carbons (Fsp3) is 0.0870. The first-order chi connectivity index (χ1) is 14.5. The molecule has 0 aliphatic carbocycles. The van der Waals surface area contributed by atoms with E-state index in [0.717, 1.165) is 5.56 Å². The summed E-state index contributed by atoms with van der Waals surface area (Å²) in [6.07, 6.45) is 0. The molecule has 1 heterocycles. The molecule has 1 aliphatic rings. The lowest BCUT2D eigenvalue weighted by atomic mass is 9.83. The van der Waals surface area contributed by atoms with E-state index in [-0.39, 0.29) is 11.6 Å². The van der Waals surface area contributed by atoms with Crippen molar-refractivity contribution in [2.45, 2.75) is 11.7 Å². The van der Waals surface area contributed by atoms with Crippen LogP contribution in [-0.4, -0.2) is 14.1 Å². The Bertz CT molecular complexity index is 1160. The molecule has 3 aromatic carbocycles. The summed E-state index contributed by atoms with van der Waals surface area (Å²) in [5.41, 5.74) is 3.42. The number of rotatable bonds is 5. The molecule has 7 heteroatoms. The summed E-state index contributed by atoms with van der Waals surface area (Å²) < 4.78 is 53.8. The first kappa shape index (κ1) is 20.5. The van der Waals surface area contributed by atoms with Crippen LogP contribution in [0.5, 0.6) is 5.75 Å². The van der Waals surface area contributed by atoms with Gasteiger partial charge in [-0.3, -0.25) is 0 Å². The van der Waals surface area contributed by atoms with Crippen LogP contribution in [0.15, 0.2) is 66.7 Å². The van der Waals surface area contributed by atoms with Crippen LogP contribution < -0.4 is 4.74 Å². The van der Waals surface area contributed by atoms with Crippen LogP contribution in [0.4, 0.5) is 8.78 Å². The Morgan fingerprint density at radius 3 is 2.23 bits per heavy atom. The average Bonchev–Trinajstić information content (AvgIpc) is 2.73. The molecule has 0 radical (unpaired) electrons. The molecule has 0 aromatic heterocycles. The van der Waals surface area contributed by atoms with E-state index in [0.29, 0.717) is 33.8 Å². The van der Waals surface area contributed by atoms with Crippen LogP contribution in [0.2, 0.25) is 0 Å². The molecule has 0 spiro atoms. The molecule has 1 N–H and O–H groups in total. The van der Waals surface area contributed by atoms with E-state index in [1.165, 1.54) is 24.3 Å². The van der Waals surface area contributed by atoms with Crippen molar-refractivity contribution >= 4 is 40.0 Å². The Balaban J connectivity index is 1.90. The standard InChI is InChI=1S/C23H16F2O3S2/c24-17-7-5-15(6-8-17)22-20(12-29)19-11-18(25)9-10-21(19)28-23(22)16-3-1-14(2-4-16)13-30(26)27/h1-12,20H,13H2,(H,26,27). The highest BCUT2D eigenvalue weighted by Crippen LogP contribution is 2.46. The Kier molecular flexibility index (Phi) is 5.85. The molecule has 0 saturated heterocycles. The molecule has 30 heavy (non-hydrogen) atoms.